The van der Waals surface area contributed by atoms with Crippen LogP contribution in [0.5, 0.6) is 23.0 Å². The summed E-state index contributed by atoms with van der Waals surface area (Å²) >= 11 is 0. The van der Waals surface area contributed by atoms with Crippen molar-refractivity contribution < 1.29 is 29.6 Å². The summed E-state index contributed by atoms with van der Waals surface area (Å²) in [5.74, 6) is 3.37. The molecule has 4 heterocycles. The number of aromatic nitrogens is 2. The number of benzene rings is 5. The second kappa shape index (κ2) is 13.9. The Hall–Kier alpha value is -5.29. The van der Waals surface area contributed by atoms with E-state index in [0.29, 0.717) is 0 Å². The number of fused-ring (bicyclic) bond motifs is 4. The van der Waals surface area contributed by atoms with Crippen LogP contribution in [0, 0.1) is 39.8 Å². The fourth-order valence-electron chi connectivity index (χ4n) is 7.14. The van der Waals surface area contributed by atoms with Crippen LogP contribution in [0.4, 0.5) is 0 Å². The smallest absolute Gasteiger partial charge is 0.241 e. The van der Waals surface area contributed by atoms with Crippen molar-refractivity contribution in [2.75, 3.05) is 0 Å². The summed E-state index contributed by atoms with van der Waals surface area (Å²) in [5, 5.41) is 0. The Morgan fingerprint density at radius 1 is 0.600 bits per heavy atom. The molecule has 2 aliphatic rings. The van der Waals surface area contributed by atoms with Crippen molar-refractivity contribution in [2.24, 2.45) is 0 Å². The molecule has 2 aliphatic heterocycles. The fraction of sp³-hybridized carbons (Fsp3) is 0.0909. The molecule has 0 atom stereocenters. The van der Waals surface area contributed by atoms with E-state index >= 15 is 0 Å². The molecule has 0 fully saturated rings. The molecule has 2 aromatic heterocycles. The minimum atomic E-state index is 0. The van der Waals surface area contributed by atoms with E-state index < -0.39 is 0 Å². The Balaban J connectivity index is 0.000000255. The van der Waals surface area contributed by atoms with Crippen molar-refractivity contribution in [3.63, 3.8) is 0 Å². The molecule has 50 heavy (non-hydrogen) atoms. The van der Waals surface area contributed by atoms with Gasteiger partial charge < -0.3 is 19.4 Å². The van der Waals surface area contributed by atoms with Crippen molar-refractivity contribution >= 4 is 23.1 Å². The molecular formula is C44H33BIrN2O2-2. The SMILES string of the molecule is Cc1cc(C)c(-c2cc(-c3[c-]ccc4c3Oc3cccc5c3B4c3ccccc3O5)ncc2C)c(C)c1.[Ir].[c-]1ccccc1-c1ccccn1. The van der Waals surface area contributed by atoms with Crippen LogP contribution in [0.25, 0.3) is 33.6 Å². The molecule has 6 heteroatoms. The number of pyridine rings is 2. The standard InChI is InChI=1S/C33H25BNO2.C11H8N.Ir/c1-19-15-20(2)31(21(3)16-19)24-17-27(35-18-22(24)4)23-9-7-11-26-33(23)37-30-14-8-13-29-32(30)34(26)25-10-5-6-12-28(25)36-29;1-2-6-10(7-3-1)11-8-4-5-9-12-11;/h5-8,10-18H,1-4H3;1-6,8-9H;/q2*-1;. The maximum atomic E-state index is 6.61. The molecule has 7 aromatic rings. The van der Waals surface area contributed by atoms with Crippen LogP contribution in [0.3, 0.4) is 0 Å². The summed E-state index contributed by atoms with van der Waals surface area (Å²) in [4.78, 5) is 9.08. The molecule has 0 spiro atoms. The first-order chi connectivity index (χ1) is 24.0. The van der Waals surface area contributed by atoms with E-state index in [-0.39, 0.29) is 26.8 Å². The van der Waals surface area contributed by atoms with Gasteiger partial charge in [-0.1, -0.05) is 65.7 Å². The van der Waals surface area contributed by atoms with Crippen molar-refractivity contribution in [2.45, 2.75) is 27.7 Å². The Morgan fingerprint density at radius 2 is 1.34 bits per heavy atom. The van der Waals surface area contributed by atoms with Crippen LogP contribution in [0.15, 0.2) is 128 Å². The minimum absolute atomic E-state index is 0. The second-order valence-corrected chi connectivity index (χ2v) is 12.6. The van der Waals surface area contributed by atoms with Gasteiger partial charge in [-0.2, -0.15) is 0 Å². The van der Waals surface area contributed by atoms with Gasteiger partial charge in [-0.15, -0.1) is 59.6 Å². The summed E-state index contributed by atoms with van der Waals surface area (Å²) in [6.07, 6.45) is 3.76. The first-order valence-corrected chi connectivity index (χ1v) is 16.5. The maximum Gasteiger partial charge on any atom is 0.241 e. The third-order valence-electron chi connectivity index (χ3n) is 9.22. The van der Waals surface area contributed by atoms with Gasteiger partial charge in [0.15, 0.2) is 0 Å². The molecule has 5 aromatic carbocycles. The Labute approximate surface area is 307 Å². The molecule has 0 unspecified atom stereocenters. The summed E-state index contributed by atoms with van der Waals surface area (Å²) in [6, 6.07) is 45.4. The summed E-state index contributed by atoms with van der Waals surface area (Å²) in [6.45, 7) is 8.67. The molecule has 0 amide bonds. The van der Waals surface area contributed by atoms with Gasteiger partial charge in [0, 0.05) is 43.7 Å². The summed E-state index contributed by atoms with van der Waals surface area (Å²) < 4.78 is 12.9. The van der Waals surface area contributed by atoms with E-state index in [4.69, 9.17) is 14.5 Å². The van der Waals surface area contributed by atoms with Crippen LogP contribution < -0.4 is 25.9 Å². The van der Waals surface area contributed by atoms with E-state index in [1.807, 2.05) is 85.1 Å². The van der Waals surface area contributed by atoms with Crippen molar-refractivity contribution in [1.82, 2.24) is 9.97 Å². The number of para-hydroxylation sites is 1. The van der Waals surface area contributed by atoms with Crippen molar-refractivity contribution in [3.05, 3.63) is 162 Å². The molecule has 9 rings (SSSR count). The Morgan fingerprint density at radius 3 is 2.10 bits per heavy atom. The van der Waals surface area contributed by atoms with Gasteiger partial charge in [0.1, 0.15) is 17.2 Å². The number of ether oxygens (including phenoxy) is 2. The monoisotopic (exact) mass is 825 g/mol. The molecule has 0 aliphatic carbocycles. The first-order valence-electron chi connectivity index (χ1n) is 16.5. The maximum absolute atomic E-state index is 6.61. The van der Waals surface area contributed by atoms with Gasteiger partial charge in [-0.25, -0.2) is 0 Å². The number of aryl methyl sites for hydroxylation is 4. The zero-order valence-corrected chi connectivity index (χ0v) is 30.6. The third-order valence-corrected chi connectivity index (χ3v) is 9.22. The topological polar surface area (TPSA) is 44.2 Å². The van der Waals surface area contributed by atoms with Gasteiger partial charge in [0.25, 0.3) is 0 Å². The molecule has 0 bridgehead atoms. The number of hydrogen-bond acceptors (Lipinski definition) is 4. The van der Waals surface area contributed by atoms with Crippen LogP contribution in [-0.4, -0.2) is 16.7 Å². The molecule has 1 radical (unpaired) electrons. The average Bonchev–Trinajstić information content (AvgIpc) is 3.13. The van der Waals surface area contributed by atoms with Crippen LogP contribution in [0.1, 0.15) is 22.3 Å². The third kappa shape index (κ3) is 6.06. The predicted molar refractivity (Wildman–Crippen MR) is 199 cm³/mol. The van der Waals surface area contributed by atoms with E-state index in [0.717, 1.165) is 67.5 Å². The van der Waals surface area contributed by atoms with Gasteiger partial charge in [0.2, 0.25) is 6.71 Å². The first kappa shape index (κ1) is 33.2. The predicted octanol–water partition coefficient (Wildman–Crippen LogP) is 8.72. The van der Waals surface area contributed by atoms with Crippen molar-refractivity contribution in [1.29, 1.82) is 0 Å². The largest absolute Gasteiger partial charge is 0.503 e. The quantitative estimate of drug-likeness (QED) is 0.132. The number of nitrogens with zero attached hydrogens (tertiary/aromatic N) is 2. The van der Waals surface area contributed by atoms with E-state index in [1.165, 1.54) is 27.8 Å². The minimum Gasteiger partial charge on any atom is -0.503 e. The average molecular weight is 825 g/mol. The van der Waals surface area contributed by atoms with E-state index in [1.54, 1.807) is 6.20 Å². The van der Waals surface area contributed by atoms with Gasteiger partial charge in [0.05, 0.1) is 0 Å². The Kier molecular flexibility index (Phi) is 9.24. The van der Waals surface area contributed by atoms with Gasteiger partial charge >= 0.3 is 0 Å². The zero-order chi connectivity index (χ0) is 33.5. The van der Waals surface area contributed by atoms with Gasteiger partial charge in [-0.05, 0) is 96.6 Å². The van der Waals surface area contributed by atoms with Crippen molar-refractivity contribution in [3.8, 4) is 56.6 Å². The molecule has 0 saturated carbocycles. The van der Waals surface area contributed by atoms with E-state index in [2.05, 4.69) is 81.2 Å². The second-order valence-electron chi connectivity index (χ2n) is 12.6. The summed E-state index contributed by atoms with van der Waals surface area (Å²) in [5.41, 5.74) is 14.5. The molecule has 0 saturated heterocycles. The van der Waals surface area contributed by atoms with Crippen LogP contribution in [0.2, 0.25) is 0 Å². The number of rotatable bonds is 3. The number of hydrogen-bond donors (Lipinski definition) is 0. The van der Waals surface area contributed by atoms with Crippen LogP contribution in [-0.2, 0) is 20.1 Å². The molecule has 0 N–H and O–H groups in total. The fourth-order valence-corrected chi connectivity index (χ4v) is 7.14. The molecule has 245 valence electrons. The normalized spacial score (nSPS) is 11.7. The zero-order valence-electron chi connectivity index (χ0n) is 28.2. The van der Waals surface area contributed by atoms with Crippen LogP contribution >= 0.6 is 0 Å². The summed E-state index contributed by atoms with van der Waals surface area (Å²) in [7, 11) is 0. The van der Waals surface area contributed by atoms with E-state index in [9.17, 15) is 0 Å². The molecular weight excluding hydrogens is 792 g/mol. The van der Waals surface area contributed by atoms with Gasteiger partial charge in [-0.3, -0.25) is 0 Å². The molecule has 4 nitrogen and oxygen atoms in total. The Bertz CT molecular complexity index is 2280.